The quantitative estimate of drug-likeness (QED) is 0.713. The van der Waals surface area contributed by atoms with E-state index < -0.39 is 0 Å². The number of rotatable bonds is 1. The molecule has 2 N–H and O–H groups in total. The van der Waals surface area contributed by atoms with E-state index in [0.717, 1.165) is 18.8 Å². The van der Waals surface area contributed by atoms with E-state index >= 15 is 0 Å². The van der Waals surface area contributed by atoms with Crippen LogP contribution in [0, 0.1) is 12.3 Å². The lowest BCUT2D eigenvalue weighted by Crippen LogP contribution is -2.24. The van der Waals surface area contributed by atoms with E-state index in [1.54, 1.807) is 0 Å². The molecular formula is C13H20N2. The van der Waals surface area contributed by atoms with Crippen molar-refractivity contribution in [3.05, 3.63) is 23.8 Å². The molecule has 1 aliphatic heterocycles. The van der Waals surface area contributed by atoms with Gasteiger partial charge < -0.3 is 10.6 Å². The van der Waals surface area contributed by atoms with Crippen LogP contribution in [-0.2, 0) is 0 Å². The summed E-state index contributed by atoms with van der Waals surface area (Å²) in [5.41, 5.74) is 9.91. The third-order valence-electron chi connectivity index (χ3n) is 3.26. The molecule has 0 unspecified atom stereocenters. The summed E-state index contributed by atoms with van der Waals surface area (Å²) >= 11 is 0. The van der Waals surface area contributed by atoms with Crippen LogP contribution in [0.5, 0.6) is 0 Å². The fourth-order valence-electron chi connectivity index (χ4n) is 2.42. The monoisotopic (exact) mass is 204 g/mol. The molecule has 0 amide bonds. The molecule has 1 aromatic rings. The SMILES string of the molecule is Cc1cccc(N)c1N1CCC(C)(C)C1. The standard InChI is InChI=1S/C13H20N2/c1-10-5-4-6-11(14)12(10)15-8-7-13(2,3)9-15/h4-6H,7-9,14H2,1-3H3. The Hall–Kier alpha value is -1.18. The zero-order valence-corrected chi connectivity index (χ0v) is 9.88. The fraction of sp³-hybridized carbons (Fsp3) is 0.538. The number of hydrogen-bond donors (Lipinski definition) is 1. The van der Waals surface area contributed by atoms with Crippen molar-refractivity contribution in [2.75, 3.05) is 23.7 Å². The number of anilines is 2. The minimum Gasteiger partial charge on any atom is -0.397 e. The molecule has 2 heteroatoms. The van der Waals surface area contributed by atoms with Crippen molar-refractivity contribution in [2.45, 2.75) is 27.2 Å². The maximum Gasteiger partial charge on any atom is 0.0629 e. The van der Waals surface area contributed by atoms with Crippen molar-refractivity contribution < 1.29 is 0 Å². The van der Waals surface area contributed by atoms with Crippen LogP contribution in [0.25, 0.3) is 0 Å². The van der Waals surface area contributed by atoms with Crippen LogP contribution in [-0.4, -0.2) is 13.1 Å². The highest BCUT2D eigenvalue weighted by molar-refractivity contribution is 5.71. The van der Waals surface area contributed by atoms with Gasteiger partial charge in [-0.1, -0.05) is 26.0 Å². The maximum atomic E-state index is 6.05. The molecule has 0 aliphatic carbocycles. The van der Waals surface area contributed by atoms with Crippen LogP contribution in [0.15, 0.2) is 18.2 Å². The molecule has 2 nitrogen and oxygen atoms in total. The first-order valence-corrected chi connectivity index (χ1v) is 5.60. The Balaban J connectivity index is 2.31. The lowest BCUT2D eigenvalue weighted by Gasteiger charge is -2.24. The summed E-state index contributed by atoms with van der Waals surface area (Å²) in [7, 11) is 0. The van der Waals surface area contributed by atoms with Gasteiger partial charge in [0, 0.05) is 13.1 Å². The maximum absolute atomic E-state index is 6.05. The Morgan fingerprint density at radius 1 is 1.33 bits per heavy atom. The Morgan fingerprint density at radius 2 is 2.07 bits per heavy atom. The second kappa shape index (κ2) is 3.44. The minimum absolute atomic E-state index is 0.425. The zero-order valence-electron chi connectivity index (χ0n) is 9.88. The third kappa shape index (κ3) is 1.94. The van der Waals surface area contributed by atoms with Gasteiger partial charge in [0.15, 0.2) is 0 Å². The van der Waals surface area contributed by atoms with Crippen LogP contribution in [0.2, 0.25) is 0 Å². The van der Waals surface area contributed by atoms with Gasteiger partial charge in [-0.05, 0) is 30.4 Å². The van der Waals surface area contributed by atoms with Crippen LogP contribution in [0.3, 0.4) is 0 Å². The molecule has 0 spiro atoms. The van der Waals surface area contributed by atoms with Crippen LogP contribution >= 0.6 is 0 Å². The highest BCUT2D eigenvalue weighted by atomic mass is 15.2. The van der Waals surface area contributed by atoms with Gasteiger partial charge in [0.25, 0.3) is 0 Å². The smallest absolute Gasteiger partial charge is 0.0629 e. The minimum atomic E-state index is 0.425. The number of nitrogen functional groups attached to an aromatic ring is 1. The van der Waals surface area contributed by atoms with E-state index in [1.165, 1.54) is 17.7 Å². The molecule has 0 aromatic heterocycles. The highest BCUT2D eigenvalue weighted by Gasteiger charge is 2.30. The number of para-hydroxylation sites is 1. The van der Waals surface area contributed by atoms with Crippen molar-refractivity contribution in [2.24, 2.45) is 5.41 Å². The molecule has 2 rings (SSSR count). The molecule has 1 saturated heterocycles. The summed E-state index contributed by atoms with van der Waals surface area (Å²) in [6, 6.07) is 6.15. The predicted octanol–water partition coefficient (Wildman–Crippen LogP) is 2.81. The summed E-state index contributed by atoms with van der Waals surface area (Å²) < 4.78 is 0. The van der Waals surface area contributed by atoms with Crippen molar-refractivity contribution in [3.8, 4) is 0 Å². The fourth-order valence-corrected chi connectivity index (χ4v) is 2.42. The molecule has 1 aliphatic rings. The second-order valence-corrected chi connectivity index (χ2v) is 5.35. The van der Waals surface area contributed by atoms with Crippen molar-refractivity contribution in [1.82, 2.24) is 0 Å². The summed E-state index contributed by atoms with van der Waals surface area (Å²) in [5.74, 6) is 0. The van der Waals surface area contributed by atoms with E-state index in [0.29, 0.717) is 5.41 Å². The van der Waals surface area contributed by atoms with Crippen molar-refractivity contribution >= 4 is 11.4 Å². The van der Waals surface area contributed by atoms with E-state index in [1.807, 2.05) is 12.1 Å². The normalized spacial score (nSPS) is 19.5. The summed E-state index contributed by atoms with van der Waals surface area (Å²) in [6.07, 6.45) is 1.25. The number of nitrogens with two attached hydrogens (primary N) is 1. The first-order valence-electron chi connectivity index (χ1n) is 5.60. The molecule has 0 radical (unpaired) electrons. The van der Waals surface area contributed by atoms with Gasteiger partial charge in [-0.15, -0.1) is 0 Å². The van der Waals surface area contributed by atoms with E-state index in [9.17, 15) is 0 Å². The van der Waals surface area contributed by atoms with Crippen LogP contribution in [0.1, 0.15) is 25.8 Å². The Morgan fingerprint density at radius 3 is 2.60 bits per heavy atom. The topological polar surface area (TPSA) is 29.3 Å². The van der Waals surface area contributed by atoms with E-state index in [2.05, 4.69) is 31.7 Å². The van der Waals surface area contributed by atoms with Crippen LogP contribution in [0.4, 0.5) is 11.4 Å². The van der Waals surface area contributed by atoms with Gasteiger partial charge in [-0.3, -0.25) is 0 Å². The summed E-state index contributed by atoms with van der Waals surface area (Å²) in [5, 5.41) is 0. The molecule has 0 saturated carbocycles. The Labute approximate surface area is 92.1 Å². The number of benzene rings is 1. The van der Waals surface area contributed by atoms with Gasteiger partial charge in [-0.25, -0.2) is 0 Å². The predicted molar refractivity (Wildman–Crippen MR) is 66.2 cm³/mol. The molecule has 82 valence electrons. The molecule has 1 aromatic carbocycles. The number of nitrogens with zero attached hydrogens (tertiary/aromatic N) is 1. The molecule has 0 atom stereocenters. The van der Waals surface area contributed by atoms with Crippen LogP contribution < -0.4 is 10.6 Å². The van der Waals surface area contributed by atoms with E-state index in [4.69, 9.17) is 5.73 Å². The van der Waals surface area contributed by atoms with Gasteiger partial charge in [0.2, 0.25) is 0 Å². The third-order valence-corrected chi connectivity index (χ3v) is 3.26. The average Bonchev–Trinajstić information content (AvgIpc) is 2.46. The second-order valence-electron chi connectivity index (χ2n) is 5.35. The lowest BCUT2D eigenvalue weighted by atomic mass is 9.93. The molecule has 1 heterocycles. The van der Waals surface area contributed by atoms with Crippen molar-refractivity contribution in [1.29, 1.82) is 0 Å². The van der Waals surface area contributed by atoms with Gasteiger partial charge in [-0.2, -0.15) is 0 Å². The summed E-state index contributed by atoms with van der Waals surface area (Å²) in [4.78, 5) is 2.42. The average molecular weight is 204 g/mol. The molecule has 15 heavy (non-hydrogen) atoms. The Kier molecular flexibility index (Phi) is 2.37. The highest BCUT2D eigenvalue weighted by Crippen LogP contribution is 2.36. The zero-order chi connectivity index (χ0) is 11.1. The molecule has 0 bridgehead atoms. The number of hydrogen-bond acceptors (Lipinski definition) is 2. The van der Waals surface area contributed by atoms with Gasteiger partial charge >= 0.3 is 0 Å². The largest absolute Gasteiger partial charge is 0.397 e. The van der Waals surface area contributed by atoms with Gasteiger partial charge in [0.1, 0.15) is 0 Å². The molecule has 1 fully saturated rings. The van der Waals surface area contributed by atoms with Gasteiger partial charge in [0.05, 0.1) is 11.4 Å². The number of aryl methyl sites for hydroxylation is 1. The lowest BCUT2D eigenvalue weighted by molar-refractivity contribution is 0.418. The molecular weight excluding hydrogens is 184 g/mol. The first kappa shape index (κ1) is 10.3. The Bertz CT molecular complexity index is 349. The first-order chi connectivity index (χ1) is 6.99. The summed E-state index contributed by atoms with van der Waals surface area (Å²) in [6.45, 7) is 9.02. The van der Waals surface area contributed by atoms with Crippen molar-refractivity contribution in [3.63, 3.8) is 0 Å². The van der Waals surface area contributed by atoms with E-state index in [-0.39, 0.29) is 0 Å².